The summed E-state index contributed by atoms with van der Waals surface area (Å²) in [6, 6.07) is 0. The Bertz CT molecular complexity index is 86.9. The molecule has 0 aliphatic carbocycles. The Hall–Kier alpha value is -0.660. The van der Waals surface area contributed by atoms with Gasteiger partial charge in [-0.05, 0) is 12.8 Å². The molecule has 0 saturated carbocycles. The van der Waals surface area contributed by atoms with Crippen molar-refractivity contribution in [2.24, 2.45) is 5.11 Å². The van der Waals surface area contributed by atoms with Crippen LogP contribution in [0.3, 0.4) is 0 Å². The minimum absolute atomic E-state index is 1.07. The topological polar surface area (TPSA) is 36.2 Å². The van der Waals surface area contributed by atoms with Crippen LogP contribution in [0.25, 0.3) is 0 Å². The molecular weight excluding hydrogens is 112 g/mol. The summed E-state index contributed by atoms with van der Waals surface area (Å²) in [6.07, 6.45) is 8.30. The maximum Gasteiger partial charge on any atom is 0.0448 e. The van der Waals surface area contributed by atoms with E-state index in [1.165, 1.54) is 25.5 Å². The molecule has 2 nitrogen and oxygen atoms in total. The van der Waals surface area contributed by atoms with E-state index in [4.69, 9.17) is 5.53 Å². The first kappa shape index (κ1) is 8.34. The molecule has 0 atom stereocenters. The van der Waals surface area contributed by atoms with Gasteiger partial charge in [0.1, 0.15) is 0 Å². The molecule has 0 aromatic rings. The highest BCUT2D eigenvalue weighted by Crippen LogP contribution is 1.98. The van der Waals surface area contributed by atoms with Crippen LogP contribution < -0.4 is 0 Å². The van der Waals surface area contributed by atoms with E-state index in [0.717, 1.165) is 6.42 Å². The second-order valence-electron chi connectivity index (χ2n) is 2.01. The summed E-state index contributed by atoms with van der Waals surface area (Å²) in [6.45, 7) is 2.18. The predicted molar refractivity (Wildman–Crippen MR) is 38.4 cm³/mol. The fourth-order valence-electron chi connectivity index (χ4n) is 0.639. The van der Waals surface area contributed by atoms with Gasteiger partial charge in [0.2, 0.25) is 0 Å². The van der Waals surface area contributed by atoms with Gasteiger partial charge in [0, 0.05) is 6.20 Å². The minimum Gasteiger partial charge on any atom is -0.205 e. The second kappa shape index (κ2) is 7.34. The smallest absolute Gasteiger partial charge is 0.0448 e. The molecule has 1 N–H and O–H groups in total. The third-order valence-corrected chi connectivity index (χ3v) is 1.15. The molecule has 0 bridgehead atoms. The van der Waals surface area contributed by atoms with Crippen LogP contribution in [0.5, 0.6) is 0 Å². The number of nitrogens with one attached hydrogen (secondary N) is 1. The van der Waals surface area contributed by atoms with Crippen molar-refractivity contribution in [3.63, 3.8) is 0 Å². The van der Waals surface area contributed by atoms with E-state index in [2.05, 4.69) is 12.0 Å². The van der Waals surface area contributed by atoms with Crippen molar-refractivity contribution in [3.8, 4) is 0 Å². The largest absolute Gasteiger partial charge is 0.205 e. The lowest BCUT2D eigenvalue weighted by Gasteiger charge is -1.88. The summed E-state index contributed by atoms with van der Waals surface area (Å²) >= 11 is 0. The Morgan fingerprint density at radius 2 is 2.22 bits per heavy atom. The zero-order chi connectivity index (χ0) is 6.95. The third kappa shape index (κ3) is 7.34. The van der Waals surface area contributed by atoms with Crippen LogP contribution in [0.2, 0.25) is 0 Å². The van der Waals surface area contributed by atoms with Gasteiger partial charge in [-0.15, -0.1) is 0 Å². The van der Waals surface area contributed by atoms with E-state index in [1.807, 2.05) is 6.08 Å². The first-order chi connectivity index (χ1) is 4.41. The number of rotatable bonds is 5. The number of allylic oxidation sites excluding steroid dienone is 1. The van der Waals surface area contributed by atoms with Crippen LogP contribution >= 0.6 is 0 Å². The number of hydrogen-bond donors (Lipinski definition) is 1. The van der Waals surface area contributed by atoms with E-state index < -0.39 is 0 Å². The molecular formula is C7H14N2. The normalized spacial score (nSPS) is 10.3. The lowest BCUT2D eigenvalue weighted by Crippen LogP contribution is -1.69. The van der Waals surface area contributed by atoms with Gasteiger partial charge in [0.25, 0.3) is 0 Å². The molecule has 0 aromatic carbocycles. The molecule has 0 amide bonds. The molecule has 0 rings (SSSR count). The van der Waals surface area contributed by atoms with Gasteiger partial charge in [-0.3, -0.25) is 0 Å². The summed E-state index contributed by atoms with van der Waals surface area (Å²) in [5.74, 6) is 0. The van der Waals surface area contributed by atoms with E-state index in [1.54, 1.807) is 0 Å². The fraction of sp³-hybridized carbons (Fsp3) is 0.714. The molecule has 2 heteroatoms. The van der Waals surface area contributed by atoms with E-state index in [0.29, 0.717) is 0 Å². The van der Waals surface area contributed by atoms with Crippen LogP contribution in [-0.4, -0.2) is 0 Å². The van der Waals surface area contributed by atoms with E-state index >= 15 is 0 Å². The first-order valence-electron chi connectivity index (χ1n) is 3.43. The summed E-state index contributed by atoms with van der Waals surface area (Å²) in [7, 11) is 0. The maximum absolute atomic E-state index is 6.42. The van der Waals surface area contributed by atoms with Crippen molar-refractivity contribution in [3.05, 3.63) is 12.3 Å². The fourth-order valence-corrected chi connectivity index (χ4v) is 0.639. The van der Waals surface area contributed by atoms with Gasteiger partial charge in [-0.1, -0.05) is 25.8 Å². The standard InChI is InChI=1S/C7H14N2/c1-2-3-4-5-6-7-9-8/h6-8H,2-5H2,1H3/b7-6-,9-8?. The monoisotopic (exact) mass is 126 g/mol. The Balaban J connectivity index is 2.90. The maximum atomic E-state index is 6.42. The predicted octanol–water partition coefficient (Wildman–Crippen LogP) is 3.11. The van der Waals surface area contributed by atoms with E-state index in [-0.39, 0.29) is 0 Å². The number of hydrogen-bond acceptors (Lipinski definition) is 2. The lowest BCUT2D eigenvalue weighted by atomic mass is 10.2. The highest BCUT2D eigenvalue weighted by molar-refractivity contribution is 4.76. The van der Waals surface area contributed by atoms with Crippen molar-refractivity contribution in [2.45, 2.75) is 32.6 Å². The zero-order valence-electron chi connectivity index (χ0n) is 5.93. The third-order valence-electron chi connectivity index (χ3n) is 1.15. The molecule has 0 radical (unpaired) electrons. The van der Waals surface area contributed by atoms with Gasteiger partial charge in [-0.2, -0.15) is 5.11 Å². The molecule has 52 valence electrons. The highest BCUT2D eigenvalue weighted by atomic mass is 14.9. The molecule has 0 unspecified atom stereocenters. The molecule has 0 aromatic heterocycles. The van der Waals surface area contributed by atoms with Crippen molar-refractivity contribution in [1.29, 1.82) is 5.53 Å². The summed E-state index contributed by atoms with van der Waals surface area (Å²) in [5, 5.41) is 3.10. The SMILES string of the molecule is CCCCC/C=C\N=N. The highest BCUT2D eigenvalue weighted by Gasteiger charge is 1.79. The quantitative estimate of drug-likeness (QED) is 0.434. The summed E-state index contributed by atoms with van der Waals surface area (Å²) in [4.78, 5) is 0. The van der Waals surface area contributed by atoms with Crippen LogP contribution in [-0.2, 0) is 0 Å². The van der Waals surface area contributed by atoms with Crippen molar-refractivity contribution in [1.82, 2.24) is 0 Å². The van der Waals surface area contributed by atoms with Gasteiger partial charge in [0.15, 0.2) is 0 Å². The number of nitrogens with zero attached hydrogens (tertiary/aromatic N) is 1. The van der Waals surface area contributed by atoms with Crippen molar-refractivity contribution in [2.75, 3.05) is 0 Å². The van der Waals surface area contributed by atoms with Gasteiger partial charge < -0.3 is 0 Å². The molecule has 0 spiro atoms. The summed E-state index contributed by atoms with van der Waals surface area (Å²) in [5.41, 5.74) is 6.42. The Kier molecular flexibility index (Phi) is 6.80. The zero-order valence-corrected chi connectivity index (χ0v) is 5.93. The Morgan fingerprint density at radius 1 is 1.44 bits per heavy atom. The van der Waals surface area contributed by atoms with Gasteiger partial charge in [0.05, 0.1) is 0 Å². The van der Waals surface area contributed by atoms with Crippen molar-refractivity contribution >= 4 is 0 Å². The molecule has 0 aliphatic rings. The van der Waals surface area contributed by atoms with Gasteiger partial charge >= 0.3 is 0 Å². The average Bonchev–Trinajstić information content (AvgIpc) is 1.89. The van der Waals surface area contributed by atoms with E-state index in [9.17, 15) is 0 Å². The molecule has 0 aliphatic heterocycles. The molecule has 9 heavy (non-hydrogen) atoms. The average molecular weight is 126 g/mol. The summed E-state index contributed by atoms with van der Waals surface area (Å²) < 4.78 is 0. The van der Waals surface area contributed by atoms with Gasteiger partial charge in [-0.25, -0.2) is 5.53 Å². The molecule has 0 fully saturated rings. The Morgan fingerprint density at radius 3 is 2.78 bits per heavy atom. The van der Waals surface area contributed by atoms with Crippen LogP contribution in [0.4, 0.5) is 0 Å². The van der Waals surface area contributed by atoms with Crippen molar-refractivity contribution < 1.29 is 0 Å². The van der Waals surface area contributed by atoms with Crippen LogP contribution in [0.15, 0.2) is 17.4 Å². The van der Waals surface area contributed by atoms with Crippen LogP contribution in [0.1, 0.15) is 32.6 Å². The van der Waals surface area contributed by atoms with Crippen LogP contribution in [0, 0.1) is 5.53 Å². The minimum atomic E-state index is 1.07. The Labute approximate surface area is 56.5 Å². The first-order valence-corrected chi connectivity index (χ1v) is 3.43. The number of unbranched alkanes of at least 4 members (excludes halogenated alkanes) is 3. The molecule has 0 heterocycles. The lowest BCUT2D eigenvalue weighted by molar-refractivity contribution is 0.728. The molecule has 0 saturated heterocycles. The second-order valence-corrected chi connectivity index (χ2v) is 2.01.